The molecule has 3 rings (SSSR count). The Bertz CT molecular complexity index is 532. The zero-order valence-corrected chi connectivity index (χ0v) is 10.6. The molecule has 6 heteroatoms. The normalized spacial score (nSPS) is 25.4. The van der Waals surface area contributed by atoms with Crippen molar-refractivity contribution in [2.24, 2.45) is 0 Å². The minimum atomic E-state index is -0.819. The number of phenolic OH excluding ortho intramolecular Hbond substituents is 1. The summed E-state index contributed by atoms with van der Waals surface area (Å²) in [4.78, 5) is 14.2. The van der Waals surface area contributed by atoms with Crippen molar-refractivity contribution in [3.63, 3.8) is 0 Å². The van der Waals surface area contributed by atoms with Crippen molar-refractivity contribution < 1.29 is 19.7 Å². The summed E-state index contributed by atoms with van der Waals surface area (Å²) in [6.07, 6.45) is 0.844. The number of carbonyl (C=O) groups excluding carboxylic acids is 1. The fraction of sp³-hybridized carbons (Fsp3) is 0.462. The summed E-state index contributed by atoms with van der Waals surface area (Å²) >= 11 is 0. The Morgan fingerprint density at radius 3 is 3.00 bits per heavy atom. The fourth-order valence-electron chi connectivity index (χ4n) is 2.81. The zero-order chi connectivity index (χ0) is 13.6. The van der Waals surface area contributed by atoms with Crippen LogP contribution in [0.25, 0.3) is 0 Å². The highest BCUT2D eigenvalue weighted by atomic mass is 16.5. The van der Waals surface area contributed by atoms with Gasteiger partial charge in [0.25, 0.3) is 5.91 Å². The van der Waals surface area contributed by atoms with E-state index in [1.165, 1.54) is 19.2 Å². The highest BCUT2D eigenvalue weighted by molar-refractivity contribution is 6.01. The molecule has 0 unspecified atom stereocenters. The molecule has 1 saturated heterocycles. The molecule has 1 aromatic rings. The third-order valence-corrected chi connectivity index (χ3v) is 3.78. The number of fused-ring (bicyclic) bond motifs is 2. The van der Waals surface area contributed by atoms with Crippen molar-refractivity contribution in [3.8, 4) is 11.5 Å². The minimum absolute atomic E-state index is 0.0594. The molecule has 0 aliphatic carbocycles. The number of amides is 1. The van der Waals surface area contributed by atoms with E-state index < -0.39 is 6.23 Å². The maximum Gasteiger partial charge on any atom is 0.256 e. The van der Waals surface area contributed by atoms with Crippen molar-refractivity contribution >= 4 is 11.6 Å². The number of anilines is 1. The Balaban J connectivity index is 2.10. The van der Waals surface area contributed by atoms with E-state index in [4.69, 9.17) is 4.74 Å². The number of ether oxygens (including phenoxy) is 1. The van der Waals surface area contributed by atoms with Crippen LogP contribution in [-0.4, -0.2) is 46.9 Å². The van der Waals surface area contributed by atoms with Crippen molar-refractivity contribution in [2.75, 3.05) is 19.0 Å². The van der Waals surface area contributed by atoms with E-state index in [0.717, 1.165) is 12.8 Å². The average molecular weight is 264 g/mol. The molecule has 2 aliphatic heterocycles. The second-order valence-corrected chi connectivity index (χ2v) is 4.87. The molecule has 2 heterocycles. The van der Waals surface area contributed by atoms with Crippen molar-refractivity contribution in [2.45, 2.75) is 25.1 Å². The lowest BCUT2D eigenvalue weighted by molar-refractivity contribution is 0.0581. The van der Waals surface area contributed by atoms with Gasteiger partial charge in [0.2, 0.25) is 0 Å². The summed E-state index contributed by atoms with van der Waals surface area (Å²) in [5.74, 6) is 0.0525. The maximum absolute atomic E-state index is 12.5. The van der Waals surface area contributed by atoms with Gasteiger partial charge < -0.3 is 25.2 Å². The summed E-state index contributed by atoms with van der Waals surface area (Å²) in [5.41, 5.74) is 0.850. The first kappa shape index (κ1) is 12.1. The van der Waals surface area contributed by atoms with Gasteiger partial charge in [-0.2, -0.15) is 0 Å². The number of carbonyl (C=O) groups is 1. The van der Waals surface area contributed by atoms with Crippen LogP contribution in [0.2, 0.25) is 0 Å². The minimum Gasteiger partial charge on any atom is -0.504 e. The van der Waals surface area contributed by atoms with E-state index in [-0.39, 0.29) is 23.4 Å². The van der Waals surface area contributed by atoms with Gasteiger partial charge in [0, 0.05) is 12.6 Å². The number of aliphatic hydroxyl groups is 1. The number of hydrogen-bond acceptors (Lipinski definition) is 5. The summed E-state index contributed by atoms with van der Waals surface area (Å²) in [7, 11) is 1.43. The van der Waals surface area contributed by atoms with Crippen LogP contribution in [0.4, 0.5) is 5.69 Å². The van der Waals surface area contributed by atoms with Crippen LogP contribution in [0.5, 0.6) is 11.5 Å². The highest BCUT2D eigenvalue weighted by Gasteiger charge is 2.38. The van der Waals surface area contributed by atoms with E-state index in [9.17, 15) is 15.0 Å². The van der Waals surface area contributed by atoms with Crippen LogP contribution in [0, 0.1) is 0 Å². The summed E-state index contributed by atoms with van der Waals surface area (Å²) in [6, 6.07) is 2.71. The molecule has 6 nitrogen and oxygen atoms in total. The first-order valence-electron chi connectivity index (χ1n) is 6.28. The Labute approximate surface area is 110 Å². The first-order chi connectivity index (χ1) is 9.11. The smallest absolute Gasteiger partial charge is 0.256 e. The second-order valence-electron chi connectivity index (χ2n) is 4.87. The Kier molecular flexibility index (Phi) is 2.74. The largest absolute Gasteiger partial charge is 0.504 e. The van der Waals surface area contributed by atoms with E-state index in [1.807, 2.05) is 0 Å². The summed E-state index contributed by atoms with van der Waals surface area (Å²) < 4.78 is 5.03. The monoisotopic (exact) mass is 264 g/mol. The molecule has 1 aromatic carbocycles. The van der Waals surface area contributed by atoms with E-state index >= 15 is 0 Å². The molecule has 2 aliphatic rings. The van der Waals surface area contributed by atoms with E-state index in [0.29, 0.717) is 17.8 Å². The van der Waals surface area contributed by atoms with Crippen LogP contribution in [-0.2, 0) is 0 Å². The SMILES string of the molecule is COc1cc2c(cc1O)N[C@H](O)[C@@H]1CCCN1C2=O. The molecule has 0 spiro atoms. The number of nitrogens with one attached hydrogen (secondary N) is 1. The van der Waals surface area contributed by atoms with Gasteiger partial charge in [-0.15, -0.1) is 0 Å². The average Bonchev–Trinajstić information content (AvgIpc) is 2.84. The van der Waals surface area contributed by atoms with Gasteiger partial charge >= 0.3 is 0 Å². The number of rotatable bonds is 1. The number of nitrogens with zero attached hydrogens (tertiary/aromatic N) is 1. The maximum atomic E-state index is 12.5. The molecule has 2 atom stereocenters. The molecule has 1 amide bonds. The van der Waals surface area contributed by atoms with Gasteiger partial charge in [0.15, 0.2) is 11.5 Å². The van der Waals surface area contributed by atoms with Gasteiger partial charge in [-0.3, -0.25) is 4.79 Å². The standard InChI is InChI=1S/C13H16N2O4/c1-19-11-5-7-8(6-10(11)16)14-12(17)9-3-2-4-15(9)13(7)18/h5-6,9,12,14,16-17H,2-4H2,1H3/t9-,12+/m0/s1. The number of methoxy groups -OCH3 is 1. The number of aromatic hydroxyl groups is 1. The molecular weight excluding hydrogens is 248 g/mol. The highest BCUT2D eigenvalue weighted by Crippen LogP contribution is 2.37. The van der Waals surface area contributed by atoms with Crippen LogP contribution in [0.1, 0.15) is 23.2 Å². The van der Waals surface area contributed by atoms with Gasteiger partial charge in [0.05, 0.1) is 24.4 Å². The fourth-order valence-corrected chi connectivity index (χ4v) is 2.81. The Morgan fingerprint density at radius 1 is 1.47 bits per heavy atom. The lowest BCUT2D eigenvalue weighted by atomic mass is 10.1. The van der Waals surface area contributed by atoms with Crippen LogP contribution >= 0.6 is 0 Å². The van der Waals surface area contributed by atoms with Crippen LogP contribution in [0.15, 0.2) is 12.1 Å². The molecule has 0 saturated carbocycles. The third-order valence-electron chi connectivity index (χ3n) is 3.78. The van der Waals surface area contributed by atoms with Gasteiger partial charge in [-0.25, -0.2) is 0 Å². The van der Waals surface area contributed by atoms with E-state index in [2.05, 4.69) is 5.32 Å². The molecule has 0 radical (unpaired) electrons. The topological polar surface area (TPSA) is 82.0 Å². The summed E-state index contributed by atoms with van der Waals surface area (Å²) in [6.45, 7) is 0.644. The molecule has 1 fully saturated rings. The van der Waals surface area contributed by atoms with Crippen molar-refractivity contribution in [1.29, 1.82) is 0 Å². The molecule has 0 bridgehead atoms. The predicted octanol–water partition coefficient (Wildman–Crippen LogP) is 0.749. The number of benzene rings is 1. The van der Waals surface area contributed by atoms with Crippen LogP contribution < -0.4 is 10.1 Å². The Morgan fingerprint density at radius 2 is 2.26 bits per heavy atom. The quantitative estimate of drug-likeness (QED) is 0.697. The molecule has 102 valence electrons. The van der Waals surface area contributed by atoms with Gasteiger partial charge in [-0.05, 0) is 18.9 Å². The number of hydrogen-bond donors (Lipinski definition) is 3. The lowest BCUT2D eigenvalue weighted by Crippen LogP contribution is -2.43. The second kappa shape index (κ2) is 4.31. The van der Waals surface area contributed by atoms with Gasteiger partial charge in [0.1, 0.15) is 6.23 Å². The zero-order valence-electron chi connectivity index (χ0n) is 10.6. The molecular formula is C13H16N2O4. The van der Waals surface area contributed by atoms with Crippen molar-refractivity contribution in [3.05, 3.63) is 17.7 Å². The van der Waals surface area contributed by atoms with E-state index in [1.54, 1.807) is 4.90 Å². The Hall–Kier alpha value is -1.95. The van der Waals surface area contributed by atoms with Crippen molar-refractivity contribution in [1.82, 2.24) is 4.90 Å². The first-order valence-corrected chi connectivity index (χ1v) is 6.28. The van der Waals surface area contributed by atoms with Gasteiger partial charge in [-0.1, -0.05) is 0 Å². The molecule has 19 heavy (non-hydrogen) atoms. The van der Waals surface area contributed by atoms with Crippen LogP contribution in [0.3, 0.4) is 0 Å². The third kappa shape index (κ3) is 1.79. The predicted molar refractivity (Wildman–Crippen MR) is 68.3 cm³/mol. The lowest BCUT2D eigenvalue weighted by Gasteiger charge is -2.25. The number of phenols is 1. The molecule has 3 N–H and O–H groups in total. The number of aliphatic hydroxyl groups excluding tert-OH is 1. The summed E-state index contributed by atoms with van der Waals surface area (Å²) in [5, 5.41) is 22.8. The molecule has 0 aromatic heterocycles.